The number of rotatable bonds is 3. The fraction of sp³-hybridized carbons (Fsp3) is 0.0714. The van der Waals surface area contributed by atoms with Crippen molar-refractivity contribution in [1.82, 2.24) is 0 Å². The largest absolute Gasteiger partial charge is 0.279 e. The number of aliphatic imine (C=N–C) groups is 1. The third-order valence-electron chi connectivity index (χ3n) is 2.64. The number of hydrogen-bond donors (Lipinski definition) is 0. The molecule has 2 aromatic rings. The number of para-hydroxylation sites is 1. The van der Waals surface area contributed by atoms with E-state index >= 15 is 0 Å². The normalized spacial score (nSPS) is 11.4. The van der Waals surface area contributed by atoms with Crippen molar-refractivity contribution in [1.29, 1.82) is 0 Å². The lowest BCUT2D eigenvalue weighted by atomic mass is 10.1. The zero-order valence-electron chi connectivity index (χ0n) is 10.2. The van der Waals surface area contributed by atoms with Crippen LogP contribution >= 0.6 is 11.6 Å². The van der Waals surface area contributed by atoms with Crippen LogP contribution in [-0.2, 0) is 0 Å². The molecule has 0 aliphatic rings. The van der Waals surface area contributed by atoms with Gasteiger partial charge >= 0.3 is 0 Å². The van der Waals surface area contributed by atoms with Crippen molar-refractivity contribution in [2.45, 2.75) is 6.92 Å². The Morgan fingerprint density at radius 2 is 1.84 bits per heavy atom. The zero-order chi connectivity index (χ0) is 13.8. The molecule has 0 fully saturated rings. The van der Waals surface area contributed by atoms with Crippen molar-refractivity contribution in [2.24, 2.45) is 4.99 Å². The first kappa shape index (κ1) is 13.2. The van der Waals surface area contributed by atoms with Crippen LogP contribution < -0.4 is 0 Å². The van der Waals surface area contributed by atoms with E-state index in [0.717, 1.165) is 5.56 Å². The lowest BCUT2D eigenvalue weighted by Gasteiger charge is -2.04. The first-order chi connectivity index (χ1) is 9.09. The van der Waals surface area contributed by atoms with E-state index in [1.54, 1.807) is 31.2 Å². The minimum absolute atomic E-state index is 0.0373. The molecule has 0 saturated heterocycles. The number of nitro groups is 1. The fourth-order valence-electron chi connectivity index (χ4n) is 1.74. The van der Waals surface area contributed by atoms with Gasteiger partial charge in [0, 0.05) is 6.07 Å². The molecule has 0 saturated carbocycles. The van der Waals surface area contributed by atoms with E-state index in [1.807, 2.05) is 18.2 Å². The van der Waals surface area contributed by atoms with Gasteiger partial charge in [-0.2, -0.15) is 0 Å². The molecule has 2 rings (SSSR count). The van der Waals surface area contributed by atoms with Gasteiger partial charge < -0.3 is 0 Å². The number of aryl methyl sites for hydroxylation is 1. The number of benzene rings is 2. The second-order valence-electron chi connectivity index (χ2n) is 3.96. The second kappa shape index (κ2) is 5.63. The number of nitro benzene ring substituents is 1. The molecule has 19 heavy (non-hydrogen) atoms. The third kappa shape index (κ3) is 2.98. The predicted molar refractivity (Wildman–Crippen MR) is 76.3 cm³/mol. The number of halogens is 1. The van der Waals surface area contributed by atoms with Crippen molar-refractivity contribution in [3.8, 4) is 0 Å². The summed E-state index contributed by atoms with van der Waals surface area (Å²) in [5, 5.41) is 11.1. The first-order valence-corrected chi connectivity index (χ1v) is 6.01. The molecule has 96 valence electrons. The maximum atomic E-state index is 11.0. The molecule has 5 heteroatoms. The summed E-state index contributed by atoms with van der Waals surface area (Å²) in [6.45, 7) is 1.77. The Hall–Kier alpha value is -2.20. The summed E-state index contributed by atoms with van der Waals surface area (Å²) >= 11 is 6.14. The summed E-state index contributed by atoms with van der Waals surface area (Å²) in [4.78, 5) is 14.8. The van der Waals surface area contributed by atoms with Gasteiger partial charge in [-0.15, -0.1) is 0 Å². The summed E-state index contributed by atoms with van der Waals surface area (Å²) in [6, 6.07) is 13.9. The topological polar surface area (TPSA) is 55.5 Å². The minimum Gasteiger partial charge on any atom is -0.258 e. The van der Waals surface area contributed by atoms with Crippen molar-refractivity contribution >= 4 is 28.1 Å². The molecule has 0 aliphatic carbocycles. The summed E-state index contributed by atoms with van der Waals surface area (Å²) in [5.74, 6) is 0. The molecule has 4 nitrogen and oxygen atoms in total. The van der Waals surface area contributed by atoms with E-state index in [0.29, 0.717) is 11.3 Å². The van der Waals surface area contributed by atoms with Gasteiger partial charge in [0.1, 0.15) is 5.17 Å². The lowest BCUT2D eigenvalue weighted by Crippen LogP contribution is -2.01. The highest BCUT2D eigenvalue weighted by atomic mass is 35.5. The van der Waals surface area contributed by atoms with Crippen LogP contribution in [0.4, 0.5) is 11.4 Å². The number of nitrogens with zero attached hydrogens (tertiary/aromatic N) is 2. The van der Waals surface area contributed by atoms with E-state index in [-0.39, 0.29) is 10.9 Å². The van der Waals surface area contributed by atoms with Gasteiger partial charge in [-0.05, 0) is 24.6 Å². The maximum absolute atomic E-state index is 11.0. The van der Waals surface area contributed by atoms with Crippen molar-refractivity contribution in [2.75, 3.05) is 0 Å². The number of hydrogen-bond acceptors (Lipinski definition) is 3. The lowest BCUT2D eigenvalue weighted by molar-refractivity contribution is -0.385. The first-order valence-electron chi connectivity index (χ1n) is 5.63. The molecule has 0 radical (unpaired) electrons. The Bertz CT molecular complexity index is 639. The summed E-state index contributed by atoms with van der Waals surface area (Å²) in [6.07, 6.45) is 0. The summed E-state index contributed by atoms with van der Waals surface area (Å²) < 4.78 is 0. The van der Waals surface area contributed by atoms with Crippen LogP contribution in [0.15, 0.2) is 53.5 Å². The van der Waals surface area contributed by atoms with E-state index in [1.165, 1.54) is 6.07 Å². The molecule has 0 aromatic heterocycles. The standard InChI is InChI=1S/C14H11ClN2O2/c1-10-6-5-9-12(17(18)19)13(10)14(15)16-11-7-3-2-4-8-11/h2-9H,1H3. The van der Waals surface area contributed by atoms with Gasteiger partial charge in [-0.3, -0.25) is 10.1 Å². The van der Waals surface area contributed by atoms with E-state index in [9.17, 15) is 10.1 Å². The highest BCUT2D eigenvalue weighted by Gasteiger charge is 2.19. The van der Waals surface area contributed by atoms with Crippen LogP contribution in [0.5, 0.6) is 0 Å². The third-order valence-corrected chi connectivity index (χ3v) is 2.91. The van der Waals surface area contributed by atoms with Gasteiger partial charge in [0.25, 0.3) is 5.69 Å². The zero-order valence-corrected chi connectivity index (χ0v) is 11.0. The predicted octanol–water partition coefficient (Wildman–Crippen LogP) is 4.22. The van der Waals surface area contributed by atoms with E-state index in [2.05, 4.69) is 4.99 Å². The van der Waals surface area contributed by atoms with Gasteiger partial charge in [0.05, 0.1) is 16.2 Å². The molecule has 0 unspecified atom stereocenters. The highest BCUT2D eigenvalue weighted by molar-refractivity contribution is 6.70. The minimum atomic E-state index is -0.453. The molecule has 0 N–H and O–H groups in total. The van der Waals surface area contributed by atoms with Gasteiger partial charge in [0.15, 0.2) is 0 Å². The van der Waals surface area contributed by atoms with Crippen LogP contribution in [0.2, 0.25) is 0 Å². The molecule has 0 bridgehead atoms. The molecule has 2 aromatic carbocycles. The Morgan fingerprint density at radius 3 is 2.47 bits per heavy atom. The summed E-state index contributed by atoms with van der Waals surface area (Å²) in [5.41, 5.74) is 1.70. The second-order valence-corrected chi connectivity index (χ2v) is 4.32. The van der Waals surface area contributed by atoms with Crippen LogP contribution in [0.25, 0.3) is 0 Å². The summed E-state index contributed by atoms with van der Waals surface area (Å²) in [7, 11) is 0. The van der Waals surface area contributed by atoms with Crippen LogP contribution in [0, 0.1) is 17.0 Å². The maximum Gasteiger partial charge on any atom is 0.279 e. The average molecular weight is 275 g/mol. The monoisotopic (exact) mass is 274 g/mol. The fourth-order valence-corrected chi connectivity index (χ4v) is 2.09. The van der Waals surface area contributed by atoms with E-state index < -0.39 is 4.92 Å². The van der Waals surface area contributed by atoms with E-state index in [4.69, 9.17) is 11.6 Å². The molecular formula is C14H11ClN2O2. The highest BCUT2D eigenvalue weighted by Crippen LogP contribution is 2.26. The smallest absolute Gasteiger partial charge is 0.258 e. The van der Waals surface area contributed by atoms with Gasteiger partial charge in [0.2, 0.25) is 0 Å². The molecule has 0 heterocycles. The molecule has 0 spiro atoms. The molecule has 0 atom stereocenters. The van der Waals surface area contributed by atoms with Gasteiger partial charge in [-0.25, -0.2) is 4.99 Å². The Kier molecular flexibility index (Phi) is 3.92. The van der Waals surface area contributed by atoms with Crippen LogP contribution in [0.1, 0.15) is 11.1 Å². The Labute approximate surface area is 115 Å². The Morgan fingerprint density at radius 1 is 1.16 bits per heavy atom. The molecule has 0 amide bonds. The van der Waals surface area contributed by atoms with Crippen LogP contribution in [-0.4, -0.2) is 10.1 Å². The van der Waals surface area contributed by atoms with Crippen LogP contribution in [0.3, 0.4) is 0 Å². The van der Waals surface area contributed by atoms with Crippen molar-refractivity contribution in [3.63, 3.8) is 0 Å². The quantitative estimate of drug-likeness (QED) is 0.478. The molecule has 0 aliphatic heterocycles. The van der Waals surface area contributed by atoms with Crippen molar-refractivity contribution < 1.29 is 4.92 Å². The van der Waals surface area contributed by atoms with Crippen molar-refractivity contribution in [3.05, 3.63) is 69.8 Å². The average Bonchev–Trinajstić information content (AvgIpc) is 2.39. The SMILES string of the molecule is Cc1cccc([N+](=O)[O-])c1C(Cl)=Nc1ccccc1. The molecular weight excluding hydrogens is 264 g/mol. The van der Waals surface area contributed by atoms with Gasteiger partial charge in [-0.1, -0.05) is 41.9 Å². The Balaban J connectivity index is 2.53.